The van der Waals surface area contributed by atoms with E-state index in [9.17, 15) is 9.59 Å². The molecule has 1 aromatic carbocycles. The van der Waals surface area contributed by atoms with Crippen LogP contribution in [0.3, 0.4) is 0 Å². The zero-order valence-electron chi connectivity index (χ0n) is 11.0. The van der Waals surface area contributed by atoms with Gasteiger partial charge in [-0.05, 0) is 31.4 Å². The van der Waals surface area contributed by atoms with Gasteiger partial charge in [0.2, 0.25) is 5.91 Å². The van der Waals surface area contributed by atoms with Gasteiger partial charge in [0.05, 0.1) is 6.04 Å². The summed E-state index contributed by atoms with van der Waals surface area (Å²) in [6.07, 6.45) is -0.825. The summed E-state index contributed by atoms with van der Waals surface area (Å²) in [6.45, 7) is 1.82. The topological polar surface area (TPSA) is 75.6 Å². The molecule has 1 aromatic rings. The highest BCUT2D eigenvalue weighted by atomic mass is 35.5. The number of benzene rings is 1. The normalized spacial score (nSPS) is 23.3. The number of hydrogen-bond acceptors (Lipinski definition) is 3. The monoisotopic (exact) mass is 297 g/mol. The fourth-order valence-corrected chi connectivity index (χ4v) is 2.52. The number of ether oxygens (including phenoxy) is 1. The molecule has 0 spiro atoms. The van der Waals surface area contributed by atoms with Crippen molar-refractivity contribution < 1.29 is 19.4 Å². The lowest BCUT2D eigenvalue weighted by Gasteiger charge is -2.18. The van der Waals surface area contributed by atoms with E-state index in [4.69, 9.17) is 21.4 Å². The van der Waals surface area contributed by atoms with E-state index in [2.05, 4.69) is 5.32 Å². The van der Waals surface area contributed by atoms with Crippen LogP contribution < -0.4 is 5.32 Å². The van der Waals surface area contributed by atoms with E-state index in [1.807, 2.05) is 25.1 Å². The van der Waals surface area contributed by atoms with Gasteiger partial charge in [0.1, 0.15) is 6.10 Å². The third-order valence-corrected chi connectivity index (χ3v) is 3.66. The highest BCUT2D eigenvalue weighted by Gasteiger charge is 2.35. The maximum Gasteiger partial charge on any atom is 0.332 e. The second-order valence-corrected chi connectivity index (χ2v) is 5.19. The summed E-state index contributed by atoms with van der Waals surface area (Å²) in [5.74, 6) is -1.33. The quantitative estimate of drug-likeness (QED) is 0.893. The van der Waals surface area contributed by atoms with E-state index < -0.39 is 18.2 Å². The number of aliphatic carboxylic acids is 1. The van der Waals surface area contributed by atoms with Crippen molar-refractivity contribution >= 4 is 23.5 Å². The van der Waals surface area contributed by atoms with Gasteiger partial charge >= 0.3 is 5.97 Å². The fraction of sp³-hybridized carbons (Fsp3) is 0.429. The first kappa shape index (κ1) is 14.8. The van der Waals surface area contributed by atoms with Gasteiger partial charge < -0.3 is 15.2 Å². The summed E-state index contributed by atoms with van der Waals surface area (Å²) >= 11 is 6.07. The number of nitrogens with one attached hydrogen (secondary N) is 1. The highest BCUT2D eigenvalue weighted by Crippen LogP contribution is 2.24. The Morgan fingerprint density at radius 3 is 2.60 bits per heavy atom. The van der Waals surface area contributed by atoms with Gasteiger partial charge in [-0.25, -0.2) is 4.79 Å². The molecule has 1 heterocycles. The Morgan fingerprint density at radius 2 is 2.00 bits per heavy atom. The summed E-state index contributed by atoms with van der Waals surface area (Å²) in [5, 5.41) is 12.2. The van der Waals surface area contributed by atoms with Crippen LogP contribution in [0.2, 0.25) is 5.02 Å². The first-order chi connectivity index (χ1) is 9.49. The van der Waals surface area contributed by atoms with Crippen molar-refractivity contribution in [2.45, 2.75) is 38.0 Å². The molecular formula is C14H16ClNO4. The second kappa shape index (κ2) is 6.24. The van der Waals surface area contributed by atoms with Gasteiger partial charge in [-0.15, -0.1) is 0 Å². The average Bonchev–Trinajstić information content (AvgIpc) is 2.88. The number of hydrogen-bond donors (Lipinski definition) is 2. The zero-order valence-corrected chi connectivity index (χ0v) is 11.8. The third kappa shape index (κ3) is 3.29. The molecule has 2 rings (SSSR count). The van der Waals surface area contributed by atoms with Crippen molar-refractivity contribution in [1.82, 2.24) is 5.32 Å². The Kier molecular flexibility index (Phi) is 4.62. The Labute approximate surface area is 121 Å². The lowest BCUT2D eigenvalue weighted by Crippen LogP contribution is -2.37. The molecule has 0 radical (unpaired) electrons. The molecule has 1 saturated heterocycles. The molecule has 2 N–H and O–H groups in total. The summed E-state index contributed by atoms with van der Waals surface area (Å²) in [6, 6.07) is 6.99. The van der Waals surface area contributed by atoms with Crippen LogP contribution in [0.5, 0.6) is 0 Å². The van der Waals surface area contributed by atoms with Crippen LogP contribution in [-0.2, 0) is 14.3 Å². The van der Waals surface area contributed by atoms with Gasteiger partial charge in [-0.1, -0.05) is 29.8 Å². The van der Waals surface area contributed by atoms with Crippen LogP contribution in [0.15, 0.2) is 24.3 Å². The summed E-state index contributed by atoms with van der Waals surface area (Å²) in [4.78, 5) is 22.8. The predicted molar refractivity (Wildman–Crippen MR) is 73.5 cm³/mol. The van der Waals surface area contributed by atoms with Crippen molar-refractivity contribution in [2.24, 2.45) is 0 Å². The second-order valence-electron chi connectivity index (χ2n) is 4.78. The van der Waals surface area contributed by atoms with E-state index in [0.29, 0.717) is 17.9 Å². The Morgan fingerprint density at radius 1 is 1.35 bits per heavy atom. The highest BCUT2D eigenvalue weighted by molar-refractivity contribution is 6.31. The molecule has 3 atom stereocenters. The number of carbonyl (C=O) groups excluding carboxylic acids is 1. The smallest absolute Gasteiger partial charge is 0.332 e. The number of amides is 1. The lowest BCUT2D eigenvalue weighted by molar-refractivity contribution is -0.151. The number of carboxylic acids is 1. The van der Waals surface area contributed by atoms with Crippen molar-refractivity contribution in [3.05, 3.63) is 34.9 Å². The van der Waals surface area contributed by atoms with Crippen molar-refractivity contribution in [1.29, 1.82) is 0 Å². The molecule has 1 aliphatic rings. The van der Waals surface area contributed by atoms with E-state index in [1.54, 1.807) is 6.07 Å². The van der Waals surface area contributed by atoms with Crippen molar-refractivity contribution in [3.8, 4) is 0 Å². The number of carboxylic acid groups (broad SMARTS) is 1. The summed E-state index contributed by atoms with van der Waals surface area (Å²) in [5.41, 5.74) is 0.815. The van der Waals surface area contributed by atoms with E-state index in [1.165, 1.54) is 0 Å². The van der Waals surface area contributed by atoms with E-state index >= 15 is 0 Å². The minimum absolute atomic E-state index is 0.260. The van der Waals surface area contributed by atoms with Gasteiger partial charge in [0, 0.05) is 5.02 Å². The Bertz CT molecular complexity index is 520. The van der Waals surface area contributed by atoms with Crippen LogP contribution in [0.1, 0.15) is 31.4 Å². The first-order valence-corrected chi connectivity index (χ1v) is 6.80. The minimum Gasteiger partial charge on any atom is -0.479 e. The van der Waals surface area contributed by atoms with Crippen LogP contribution >= 0.6 is 11.6 Å². The summed E-state index contributed by atoms with van der Waals surface area (Å²) < 4.78 is 5.21. The van der Waals surface area contributed by atoms with Gasteiger partial charge in [-0.3, -0.25) is 4.79 Å². The molecule has 6 heteroatoms. The largest absolute Gasteiger partial charge is 0.479 e. The van der Waals surface area contributed by atoms with Crippen LogP contribution in [0.25, 0.3) is 0 Å². The molecule has 1 aliphatic heterocycles. The van der Waals surface area contributed by atoms with Gasteiger partial charge in [-0.2, -0.15) is 0 Å². The average molecular weight is 298 g/mol. The molecule has 0 saturated carbocycles. The van der Waals surface area contributed by atoms with Gasteiger partial charge in [0.15, 0.2) is 6.10 Å². The van der Waals surface area contributed by atoms with Crippen molar-refractivity contribution in [2.75, 3.05) is 0 Å². The van der Waals surface area contributed by atoms with Crippen LogP contribution in [0, 0.1) is 0 Å². The number of carbonyl (C=O) groups is 2. The molecule has 0 aromatic heterocycles. The molecule has 0 bridgehead atoms. The lowest BCUT2D eigenvalue weighted by atomic mass is 10.1. The molecule has 5 nitrogen and oxygen atoms in total. The van der Waals surface area contributed by atoms with E-state index in [-0.39, 0.29) is 11.9 Å². The zero-order chi connectivity index (χ0) is 14.7. The Hall–Kier alpha value is -1.59. The molecular weight excluding hydrogens is 282 g/mol. The molecule has 1 amide bonds. The Balaban J connectivity index is 1.95. The molecule has 108 valence electrons. The molecule has 3 unspecified atom stereocenters. The minimum atomic E-state index is -1.03. The molecule has 1 fully saturated rings. The van der Waals surface area contributed by atoms with E-state index in [0.717, 1.165) is 5.56 Å². The fourth-order valence-electron chi connectivity index (χ4n) is 2.22. The number of rotatable bonds is 4. The van der Waals surface area contributed by atoms with Crippen molar-refractivity contribution in [3.63, 3.8) is 0 Å². The first-order valence-electron chi connectivity index (χ1n) is 6.42. The standard InChI is InChI=1S/C14H16ClNO4/c1-8(9-4-2-3-5-10(9)15)16-13(17)11-6-7-12(20-11)14(18)19/h2-5,8,11-12H,6-7H2,1H3,(H,16,17)(H,18,19). The van der Waals surface area contributed by atoms with Crippen LogP contribution in [0.4, 0.5) is 0 Å². The summed E-state index contributed by atoms with van der Waals surface area (Å²) in [7, 11) is 0. The molecule has 20 heavy (non-hydrogen) atoms. The van der Waals surface area contributed by atoms with Crippen LogP contribution in [-0.4, -0.2) is 29.2 Å². The maximum atomic E-state index is 12.0. The van der Waals surface area contributed by atoms with Gasteiger partial charge in [0.25, 0.3) is 0 Å². The predicted octanol–water partition coefficient (Wildman–Crippen LogP) is 2.15. The number of halogens is 1. The third-order valence-electron chi connectivity index (χ3n) is 3.32. The maximum absolute atomic E-state index is 12.0. The molecule has 0 aliphatic carbocycles. The SMILES string of the molecule is CC(NC(=O)C1CCC(C(=O)O)O1)c1ccccc1Cl.